The Morgan fingerprint density at radius 1 is 0.971 bits per heavy atom. The van der Waals surface area contributed by atoms with Gasteiger partial charge in [-0.3, -0.25) is 9.59 Å². The number of alkyl halides is 1. The van der Waals surface area contributed by atoms with Gasteiger partial charge in [-0.05, 0) is 104 Å². The van der Waals surface area contributed by atoms with Crippen LogP contribution in [0.4, 0.5) is 0 Å². The highest BCUT2D eigenvalue weighted by Crippen LogP contribution is 2.71. The third kappa shape index (κ3) is 3.87. The molecule has 5 aliphatic carbocycles. The molecule has 0 amide bonds. The van der Waals surface area contributed by atoms with Gasteiger partial charge in [0.2, 0.25) is 0 Å². The zero-order valence-electron chi connectivity index (χ0n) is 23.1. The van der Waals surface area contributed by atoms with Gasteiger partial charge in [-0.2, -0.15) is 0 Å². The zero-order chi connectivity index (χ0) is 25.3. The first kappa shape index (κ1) is 26.1. The van der Waals surface area contributed by atoms with Gasteiger partial charge >= 0.3 is 5.97 Å². The lowest BCUT2D eigenvalue weighted by Gasteiger charge is -2.66. The van der Waals surface area contributed by atoms with E-state index in [0.29, 0.717) is 17.8 Å². The van der Waals surface area contributed by atoms with Gasteiger partial charge < -0.3 is 4.74 Å². The summed E-state index contributed by atoms with van der Waals surface area (Å²) in [6.45, 7) is 13.9. The second-order valence-corrected chi connectivity index (χ2v) is 14.9. The van der Waals surface area contributed by atoms with Gasteiger partial charge in [-0.15, -0.1) is 11.6 Å². The van der Waals surface area contributed by atoms with Crippen molar-refractivity contribution in [1.29, 1.82) is 0 Å². The molecule has 0 aromatic carbocycles. The monoisotopic (exact) mass is 504 g/mol. The van der Waals surface area contributed by atoms with E-state index >= 15 is 0 Å². The lowest BCUT2D eigenvalue weighted by Crippen LogP contribution is -2.72. The van der Waals surface area contributed by atoms with Gasteiger partial charge in [0.25, 0.3) is 0 Å². The number of Topliss-reactive ketones (excluding diaryl/α,β-unsaturated/α-hetero) is 1. The molecule has 0 aromatic heterocycles. The van der Waals surface area contributed by atoms with Crippen LogP contribution in [0.5, 0.6) is 0 Å². The predicted octanol–water partition coefficient (Wildman–Crippen LogP) is 7.83. The quantitative estimate of drug-likeness (QED) is 0.273. The van der Waals surface area contributed by atoms with Crippen molar-refractivity contribution in [3.63, 3.8) is 0 Å². The van der Waals surface area contributed by atoms with Crippen molar-refractivity contribution in [3.05, 3.63) is 0 Å². The van der Waals surface area contributed by atoms with Gasteiger partial charge in [-0.1, -0.05) is 53.9 Å². The first-order valence-corrected chi connectivity index (χ1v) is 15.3. The summed E-state index contributed by atoms with van der Waals surface area (Å²) in [6, 6.07) is 0. The summed E-state index contributed by atoms with van der Waals surface area (Å²) >= 11 is 6.60. The number of carbonyl (C=O) groups excluding carboxylic acids is 2. The van der Waals surface area contributed by atoms with Crippen molar-refractivity contribution in [2.45, 2.75) is 123 Å². The number of rotatable bonds is 6. The lowest BCUT2D eigenvalue weighted by molar-refractivity contribution is -0.219. The molecule has 5 fully saturated rings. The van der Waals surface area contributed by atoms with E-state index < -0.39 is 11.0 Å². The summed E-state index contributed by atoms with van der Waals surface area (Å²) in [6.07, 6.45) is 13.8. The number of hydrogen-bond acceptors (Lipinski definition) is 3. The molecule has 4 heteroatoms. The molecule has 3 nitrogen and oxygen atoms in total. The van der Waals surface area contributed by atoms with E-state index in [9.17, 15) is 9.59 Å². The summed E-state index contributed by atoms with van der Waals surface area (Å²) < 4.78 is 5.79. The Balaban J connectivity index is 1.33. The fraction of sp³-hybridized carbons (Fsp3) is 0.935. The molecule has 0 aromatic rings. The molecule has 35 heavy (non-hydrogen) atoms. The zero-order valence-corrected chi connectivity index (χ0v) is 23.8. The molecular formula is C31H49ClO3. The Morgan fingerprint density at radius 2 is 1.69 bits per heavy atom. The number of halogens is 1. The number of ketones is 1. The van der Waals surface area contributed by atoms with Crippen molar-refractivity contribution in [3.8, 4) is 0 Å². The third-order valence-electron chi connectivity index (χ3n) is 12.4. The van der Waals surface area contributed by atoms with Crippen LogP contribution < -0.4 is 0 Å². The minimum atomic E-state index is -0.928. The van der Waals surface area contributed by atoms with Crippen LogP contribution in [-0.2, 0) is 14.3 Å². The van der Waals surface area contributed by atoms with Crippen LogP contribution in [0, 0.1) is 58.2 Å². The SMILES string of the molecule is CC(=O)O[C@@]12C[C@@H]3CC[C@@H]4[C@H](CC[C@]5(C)[C@@H]([C@H](C)CCCC(C)C)CC[C@@H]45)[C@@]3(C)C[C@@H]1[C@H](Cl)C2=O. The number of ether oxygens (including phenoxy) is 1. The lowest BCUT2D eigenvalue weighted by atomic mass is 9.40. The van der Waals surface area contributed by atoms with E-state index in [1.54, 1.807) is 0 Å². The first-order chi connectivity index (χ1) is 16.4. The minimum Gasteiger partial charge on any atom is -0.451 e. The molecule has 5 saturated carbocycles. The van der Waals surface area contributed by atoms with Gasteiger partial charge in [-0.25, -0.2) is 0 Å². The number of hydrogen-bond donors (Lipinski definition) is 0. The summed E-state index contributed by atoms with van der Waals surface area (Å²) in [5, 5.41) is -0.482. The maximum Gasteiger partial charge on any atom is 0.303 e. The molecule has 11 atom stereocenters. The molecule has 0 bridgehead atoms. The Labute approximate surface area is 218 Å². The molecule has 198 valence electrons. The van der Waals surface area contributed by atoms with E-state index in [-0.39, 0.29) is 23.1 Å². The van der Waals surface area contributed by atoms with Gasteiger partial charge in [0.05, 0.1) is 0 Å². The Bertz CT molecular complexity index is 854. The second-order valence-electron chi connectivity index (χ2n) is 14.5. The van der Waals surface area contributed by atoms with Crippen LogP contribution >= 0.6 is 11.6 Å². The highest BCUT2D eigenvalue weighted by Gasteiger charge is 2.72. The molecule has 0 N–H and O–H groups in total. The van der Waals surface area contributed by atoms with Crippen LogP contribution in [0.2, 0.25) is 0 Å². The fourth-order valence-corrected chi connectivity index (χ4v) is 11.2. The molecular weight excluding hydrogens is 456 g/mol. The summed E-state index contributed by atoms with van der Waals surface area (Å²) in [5.74, 6) is 5.01. The van der Waals surface area contributed by atoms with E-state index in [4.69, 9.17) is 16.3 Å². The molecule has 0 aliphatic heterocycles. The van der Waals surface area contributed by atoms with Crippen LogP contribution in [-0.4, -0.2) is 22.7 Å². The maximum atomic E-state index is 12.9. The van der Waals surface area contributed by atoms with Crippen molar-refractivity contribution in [1.82, 2.24) is 0 Å². The highest BCUT2D eigenvalue weighted by molar-refractivity contribution is 6.36. The molecule has 0 spiro atoms. The Morgan fingerprint density at radius 3 is 2.37 bits per heavy atom. The second kappa shape index (κ2) is 9.02. The van der Waals surface area contributed by atoms with Crippen LogP contribution in [0.25, 0.3) is 0 Å². The van der Waals surface area contributed by atoms with E-state index in [1.807, 2.05) is 0 Å². The topological polar surface area (TPSA) is 43.4 Å². The van der Waals surface area contributed by atoms with E-state index in [2.05, 4.69) is 34.6 Å². The first-order valence-electron chi connectivity index (χ1n) is 14.8. The Kier molecular flexibility index (Phi) is 6.71. The number of fused-ring (bicyclic) bond motifs is 6. The summed E-state index contributed by atoms with van der Waals surface area (Å²) in [5.41, 5.74) is -0.213. The highest BCUT2D eigenvalue weighted by atomic mass is 35.5. The smallest absolute Gasteiger partial charge is 0.303 e. The Hall–Kier alpha value is -0.570. The molecule has 0 radical (unpaired) electrons. The van der Waals surface area contributed by atoms with E-state index in [0.717, 1.165) is 41.9 Å². The van der Waals surface area contributed by atoms with Gasteiger partial charge in [0.1, 0.15) is 5.38 Å². The van der Waals surface area contributed by atoms with Gasteiger partial charge in [0.15, 0.2) is 11.4 Å². The van der Waals surface area contributed by atoms with Crippen LogP contribution in [0.3, 0.4) is 0 Å². The minimum absolute atomic E-state index is 0.00816. The van der Waals surface area contributed by atoms with Crippen molar-refractivity contribution >= 4 is 23.4 Å². The molecule has 0 saturated heterocycles. The predicted molar refractivity (Wildman–Crippen MR) is 141 cm³/mol. The maximum absolute atomic E-state index is 12.9. The van der Waals surface area contributed by atoms with Crippen molar-refractivity contribution < 1.29 is 14.3 Å². The molecule has 5 rings (SSSR count). The molecule has 5 aliphatic rings. The van der Waals surface area contributed by atoms with Gasteiger partial charge in [0, 0.05) is 12.8 Å². The molecule has 0 heterocycles. The largest absolute Gasteiger partial charge is 0.451 e. The standard InChI is InChI=1S/C31H49ClO3/c1-18(2)8-7-9-19(3)23-12-13-24-22-11-10-21-16-31(35-20(4)33)26(27(32)28(31)34)17-30(21,6)25(22)14-15-29(23,24)5/h18-19,21-27H,7-17H2,1-6H3/t19-,21+,22+,23-,24+,25+,26-,27+,29-,30+,31+/m1/s1. The fourth-order valence-electron chi connectivity index (χ4n) is 10.7. The average molecular weight is 505 g/mol. The number of carbonyl (C=O) groups is 2. The third-order valence-corrected chi connectivity index (χ3v) is 12.9. The van der Waals surface area contributed by atoms with Crippen LogP contribution in [0.15, 0.2) is 0 Å². The van der Waals surface area contributed by atoms with E-state index in [1.165, 1.54) is 64.7 Å². The molecule has 0 unspecified atom stereocenters. The van der Waals surface area contributed by atoms with Crippen molar-refractivity contribution in [2.75, 3.05) is 0 Å². The number of esters is 1. The summed E-state index contributed by atoms with van der Waals surface area (Å²) in [4.78, 5) is 24.9. The normalized spacial score (nSPS) is 49.4. The van der Waals surface area contributed by atoms with Crippen molar-refractivity contribution in [2.24, 2.45) is 58.2 Å². The average Bonchev–Trinajstić information content (AvgIpc) is 3.15. The van der Waals surface area contributed by atoms with Crippen LogP contribution in [0.1, 0.15) is 112 Å². The summed E-state index contributed by atoms with van der Waals surface area (Å²) in [7, 11) is 0.